The Morgan fingerprint density at radius 1 is 1.19 bits per heavy atom. The number of hydrogen-bond donors (Lipinski definition) is 2. The predicted octanol–water partition coefficient (Wildman–Crippen LogP) is 1.77. The van der Waals surface area contributed by atoms with Crippen molar-refractivity contribution >= 4 is 11.9 Å². The van der Waals surface area contributed by atoms with Crippen molar-refractivity contribution in [3.63, 3.8) is 0 Å². The number of rotatable bonds is 7. The van der Waals surface area contributed by atoms with Crippen LogP contribution in [0.15, 0.2) is 4.99 Å². The molecule has 2 rings (SSSR count). The second-order valence-corrected chi connectivity index (χ2v) is 7.87. The van der Waals surface area contributed by atoms with Crippen molar-refractivity contribution in [3.8, 4) is 0 Å². The molecule has 0 unspecified atom stereocenters. The van der Waals surface area contributed by atoms with Crippen LogP contribution in [0.25, 0.3) is 0 Å². The number of esters is 1. The molecule has 1 aliphatic heterocycles. The standard InChI is InChI=1S/C20H38N4O3/c1-5-21-19(22-15-20(24(3)4)11-13-26-14-12-20)23-17-9-7-16(8-10-17)18(25)27-6-2/h16-17H,5-15H2,1-4H3,(H2,21,22,23). The molecule has 0 spiro atoms. The lowest BCUT2D eigenvalue weighted by Gasteiger charge is -2.41. The molecule has 1 saturated carbocycles. The van der Waals surface area contributed by atoms with E-state index in [0.29, 0.717) is 12.6 Å². The van der Waals surface area contributed by atoms with Crippen molar-refractivity contribution < 1.29 is 14.3 Å². The van der Waals surface area contributed by atoms with Crippen molar-refractivity contribution in [3.05, 3.63) is 0 Å². The number of carbonyl (C=O) groups excluding carboxylic acids is 1. The van der Waals surface area contributed by atoms with Gasteiger partial charge in [-0.3, -0.25) is 9.79 Å². The molecule has 0 aromatic carbocycles. The van der Waals surface area contributed by atoms with Crippen LogP contribution in [-0.4, -0.2) is 75.4 Å². The molecule has 156 valence electrons. The largest absolute Gasteiger partial charge is 0.466 e. The van der Waals surface area contributed by atoms with Crippen molar-refractivity contribution in [2.24, 2.45) is 10.9 Å². The maximum atomic E-state index is 11.9. The van der Waals surface area contributed by atoms with Gasteiger partial charge in [0, 0.05) is 31.3 Å². The molecule has 7 nitrogen and oxygen atoms in total. The Labute approximate surface area is 164 Å². The zero-order valence-corrected chi connectivity index (χ0v) is 17.6. The van der Waals surface area contributed by atoms with E-state index in [9.17, 15) is 4.79 Å². The minimum Gasteiger partial charge on any atom is -0.466 e. The van der Waals surface area contributed by atoms with Gasteiger partial charge in [-0.1, -0.05) is 0 Å². The lowest BCUT2D eigenvalue weighted by Crippen LogP contribution is -2.52. The molecule has 7 heteroatoms. The molecule has 1 aliphatic carbocycles. The van der Waals surface area contributed by atoms with Gasteiger partial charge in [0.15, 0.2) is 5.96 Å². The lowest BCUT2D eigenvalue weighted by atomic mass is 9.86. The van der Waals surface area contributed by atoms with Crippen LogP contribution >= 0.6 is 0 Å². The van der Waals surface area contributed by atoms with Crippen LogP contribution in [0.2, 0.25) is 0 Å². The number of guanidine groups is 1. The van der Waals surface area contributed by atoms with E-state index in [1.54, 1.807) is 0 Å². The van der Waals surface area contributed by atoms with Crippen molar-refractivity contribution in [1.29, 1.82) is 0 Å². The summed E-state index contributed by atoms with van der Waals surface area (Å²) in [7, 11) is 4.27. The summed E-state index contributed by atoms with van der Waals surface area (Å²) >= 11 is 0. The fourth-order valence-corrected chi connectivity index (χ4v) is 3.97. The third-order valence-corrected chi connectivity index (χ3v) is 5.94. The van der Waals surface area contributed by atoms with E-state index >= 15 is 0 Å². The van der Waals surface area contributed by atoms with Crippen LogP contribution in [0.4, 0.5) is 0 Å². The van der Waals surface area contributed by atoms with Crippen LogP contribution in [0.1, 0.15) is 52.4 Å². The Kier molecular flexibility index (Phi) is 8.83. The Morgan fingerprint density at radius 3 is 2.41 bits per heavy atom. The van der Waals surface area contributed by atoms with Crippen LogP contribution in [0.5, 0.6) is 0 Å². The van der Waals surface area contributed by atoms with E-state index < -0.39 is 0 Å². The fourth-order valence-electron chi connectivity index (χ4n) is 3.97. The van der Waals surface area contributed by atoms with Gasteiger partial charge in [-0.2, -0.15) is 0 Å². The number of carbonyl (C=O) groups is 1. The molecule has 0 aromatic heterocycles. The first-order chi connectivity index (χ1) is 13.0. The van der Waals surface area contributed by atoms with Crippen LogP contribution < -0.4 is 10.6 Å². The highest BCUT2D eigenvalue weighted by molar-refractivity contribution is 5.80. The van der Waals surface area contributed by atoms with Crippen molar-refractivity contribution in [1.82, 2.24) is 15.5 Å². The average molecular weight is 383 g/mol. The van der Waals surface area contributed by atoms with Crippen LogP contribution in [-0.2, 0) is 14.3 Å². The zero-order chi connectivity index (χ0) is 19.7. The summed E-state index contributed by atoms with van der Waals surface area (Å²) in [4.78, 5) is 19.1. The Morgan fingerprint density at radius 2 is 1.85 bits per heavy atom. The van der Waals surface area contributed by atoms with Gasteiger partial charge in [-0.05, 0) is 66.5 Å². The summed E-state index contributed by atoms with van der Waals surface area (Å²) in [5.74, 6) is 0.899. The average Bonchev–Trinajstić information content (AvgIpc) is 2.67. The second-order valence-electron chi connectivity index (χ2n) is 7.87. The molecule has 0 amide bonds. The number of likely N-dealkylation sites (N-methyl/N-ethyl adjacent to an activating group) is 1. The van der Waals surface area contributed by atoms with Gasteiger partial charge in [-0.15, -0.1) is 0 Å². The highest BCUT2D eigenvalue weighted by atomic mass is 16.5. The number of ether oxygens (including phenoxy) is 2. The van der Waals surface area contributed by atoms with E-state index in [1.807, 2.05) is 6.92 Å². The number of nitrogens with one attached hydrogen (secondary N) is 2. The summed E-state index contributed by atoms with van der Waals surface area (Å²) in [5, 5.41) is 6.96. The van der Waals surface area contributed by atoms with Gasteiger partial charge in [-0.25, -0.2) is 0 Å². The lowest BCUT2D eigenvalue weighted by molar-refractivity contribution is -0.149. The van der Waals surface area contributed by atoms with Crippen LogP contribution in [0, 0.1) is 5.92 Å². The summed E-state index contributed by atoms with van der Waals surface area (Å²) < 4.78 is 10.7. The zero-order valence-electron chi connectivity index (χ0n) is 17.6. The quantitative estimate of drug-likeness (QED) is 0.397. The molecule has 0 aromatic rings. The number of hydrogen-bond acceptors (Lipinski definition) is 5. The van der Waals surface area contributed by atoms with Crippen molar-refractivity contribution in [2.75, 3.05) is 47.0 Å². The summed E-state index contributed by atoms with van der Waals surface area (Å²) in [6.45, 7) is 7.62. The normalized spacial score (nSPS) is 25.9. The van der Waals surface area contributed by atoms with Crippen LogP contribution in [0.3, 0.4) is 0 Å². The molecular weight excluding hydrogens is 344 g/mol. The Balaban J connectivity index is 1.91. The van der Waals surface area contributed by atoms with E-state index in [-0.39, 0.29) is 17.4 Å². The molecular formula is C20H38N4O3. The van der Waals surface area contributed by atoms with Gasteiger partial charge in [0.1, 0.15) is 0 Å². The minimum atomic E-state index is -0.0380. The molecule has 2 aliphatic rings. The highest BCUT2D eigenvalue weighted by Gasteiger charge is 2.35. The SMILES string of the molecule is CCNC(=NCC1(N(C)C)CCOCC1)NC1CCC(C(=O)OCC)CC1. The monoisotopic (exact) mass is 382 g/mol. The third-order valence-electron chi connectivity index (χ3n) is 5.94. The van der Waals surface area contributed by atoms with Gasteiger partial charge >= 0.3 is 5.97 Å². The molecule has 0 atom stereocenters. The molecule has 1 heterocycles. The first-order valence-electron chi connectivity index (χ1n) is 10.5. The first kappa shape index (κ1) is 22.0. The third kappa shape index (κ3) is 6.35. The summed E-state index contributed by atoms with van der Waals surface area (Å²) in [5.41, 5.74) is 0.0716. The maximum Gasteiger partial charge on any atom is 0.308 e. The predicted molar refractivity (Wildman–Crippen MR) is 108 cm³/mol. The summed E-state index contributed by atoms with van der Waals surface area (Å²) in [6.07, 6.45) is 5.73. The molecule has 0 bridgehead atoms. The topological polar surface area (TPSA) is 75.2 Å². The van der Waals surface area contributed by atoms with E-state index in [2.05, 4.69) is 36.6 Å². The number of aliphatic imine (C=N–C) groups is 1. The Bertz CT molecular complexity index is 482. The molecule has 2 fully saturated rings. The van der Waals surface area contributed by atoms with Gasteiger partial charge < -0.3 is 25.0 Å². The maximum absolute atomic E-state index is 11.9. The molecule has 0 radical (unpaired) electrons. The highest BCUT2D eigenvalue weighted by Crippen LogP contribution is 2.27. The van der Waals surface area contributed by atoms with Crippen molar-refractivity contribution in [2.45, 2.75) is 64.0 Å². The van der Waals surface area contributed by atoms with Gasteiger partial charge in [0.2, 0.25) is 0 Å². The Hall–Kier alpha value is -1.34. The van der Waals surface area contributed by atoms with Gasteiger partial charge in [0.05, 0.1) is 19.1 Å². The van der Waals surface area contributed by atoms with E-state index in [1.165, 1.54) is 0 Å². The molecule has 2 N–H and O–H groups in total. The smallest absolute Gasteiger partial charge is 0.308 e. The first-order valence-corrected chi connectivity index (χ1v) is 10.5. The fraction of sp³-hybridized carbons (Fsp3) is 0.900. The molecule has 27 heavy (non-hydrogen) atoms. The van der Waals surface area contributed by atoms with Gasteiger partial charge in [0.25, 0.3) is 0 Å². The number of nitrogens with zero attached hydrogens (tertiary/aromatic N) is 2. The minimum absolute atomic E-state index is 0.0380. The molecule has 1 saturated heterocycles. The second kappa shape index (κ2) is 10.9. The summed E-state index contributed by atoms with van der Waals surface area (Å²) in [6, 6.07) is 0.360. The van der Waals surface area contributed by atoms with E-state index in [4.69, 9.17) is 14.5 Å². The van der Waals surface area contributed by atoms with E-state index in [0.717, 1.165) is 70.8 Å².